The number of carbonyl (C=O) groups is 3. The van der Waals surface area contributed by atoms with Gasteiger partial charge in [0, 0.05) is 6.54 Å². The summed E-state index contributed by atoms with van der Waals surface area (Å²) in [5.74, 6) is -0.777. The molecule has 20 heavy (non-hydrogen) atoms. The maximum absolute atomic E-state index is 12.0. The van der Waals surface area contributed by atoms with E-state index in [1.165, 1.54) is 16.7 Å². The van der Waals surface area contributed by atoms with E-state index in [0.29, 0.717) is 29.8 Å². The summed E-state index contributed by atoms with van der Waals surface area (Å²) < 4.78 is 0. The molecule has 106 valence electrons. The molecule has 0 spiro atoms. The number of amides is 2. The van der Waals surface area contributed by atoms with Gasteiger partial charge in [-0.2, -0.15) is 0 Å². The molecule has 0 bridgehead atoms. The van der Waals surface area contributed by atoms with E-state index in [0.717, 1.165) is 0 Å². The highest BCUT2D eigenvalue weighted by Gasteiger charge is 2.34. The first-order valence-electron chi connectivity index (χ1n) is 6.32. The molecule has 1 aromatic carbocycles. The first kappa shape index (κ1) is 14.6. The Morgan fingerprint density at radius 3 is 2.30 bits per heavy atom. The standard InChI is InChI=1S/C14H15NO4S/c1-9(14(18)19)20-8-4-7-15-12(16)10-5-2-3-6-11(10)13(15)17/h2-3,5-6,9H,4,7-8H2,1H3,(H,18,19). The molecule has 1 N–H and O–H groups in total. The highest BCUT2D eigenvalue weighted by atomic mass is 32.2. The summed E-state index contributed by atoms with van der Waals surface area (Å²) in [6, 6.07) is 6.77. The zero-order chi connectivity index (χ0) is 14.7. The SMILES string of the molecule is CC(SCCCN1C(=O)c2ccccc2C1=O)C(=O)O. The fourth-order valence-electron chi connectivity index (χ4n) is 2.00. The third-order valence-electron chi connectivity index (χ3n) is 3.12. The van der Waals surface area contributed by atoms with Gasteiger partial charge in [-0.1, -0.05) is 12.1 Å². The summed E-state index contributed by atoms with van der Waals surface area (Å²) in [6.07, 6.45) is 0.591. The lowest BCUT2D eigenvalue weighted by Gasteiger charge is -2.13. The fraction of sp³-hybridized carbons (Fsp3) is 0.357. The summed E-state index contributed by atoms with van der Waals surface area (Å²) in [6.45, 7) is 1.95. The number of hydrogen-bond donors (Lipinski definition) is 1. The number of rotatable bonds is 6. The molecular formula is C14H15NO4S. The normalized spacial score (nSPS) is 15.3. The molecule has 0 saturated heterocycles. The Morgan fingerprint density at radius 1 is 1.25 bits per heavy atom. The third-order valence-corrected chi connectivity index (χ3v) is 4.35. The molecule has 0 aromatic heterocycles. The van der Waals surface area contributed by atoms with Crippen LogP contribution in [0.25, 0.3) is 0 Å². The number of hydrogen-bond acceptors (Lipinski definition) is 4. The summed E-state index contributed by atoms with van der Waals surface area (Å²) in [7, 11) is 0. The molecule has 2 rings (SSSR count). The first-order chi connectivity index (χ1) is 9.52. The molecule has 6 heteroatoms. The maximum Gasteiger partial charge on any atom is 0.316 e. The van der Waals surface area contributed by atoms with Crippen molar-refractivity contribution in [2.24, 2.45) is 0 Å². The van der Waals surface area contributed by atoms with Crippen LogP contribution in [0.4, 0.5) is 0 Å². The molecule has 1 aromatic rings. The van der Waals surface area contributed by atoms with Crippen molar-refractivity contribution in [1.82, 2.24) is 4.90 Å². The van der Waals surface area contributed by atoms with E-state index in [1.807, 2.05) is 0 Å². The van der Waals surface area contributed by atoms with E-state index < -0.39 is 11.2 Å². The molecular weight excluding hydrogens is 278 g/mol. The molecule has 0 saturated carbocycles. The highest BCUT2D eigenvalue weighted by Crippen LogP contribution is 2.23. The van der Waals surface area contributed by atoms with Crippen molar-refractivity contribution >= 4 is 29.5 Å². The highest BCUT2D eigenvalue weighted by molar-refractivity contribution is 8.00. The summed E-state index contributed by atoms with van der Waals surface area (Å²) in [5, 5.41) is 8.28. The minimum Gasteiger partial charge on any atom is -0.480 e. The van der Waals surface area contributed by atoms with Crippen LogP contribution >= 0.6 is 11.8 Å². The number of fused-ring (bicyclic) bond motifs is 1. The Hall–Kier alpha value is -1.82. The first-order valence-corrected chi connectivity index (χ1v) is 7.37. The fourth-order valence-corrected chi connectivity index (χ4v) is 2.79. The van der Waals surface area contributed by atoms with Gasteiger partial charge in [0.15, 0.2) is 0 Å². The van der Waals surface area contributed by atoms with Gasteiger partial charge in [0.05, 0.1) is 16.4 Å². The molecule has 2 amide bonds. The van der Waals surface area contributed by atoms with Crippen LogP contribution in [0.2, 0.25) is 0 Å². The summed E-state index contributed by atoms with van der Waals surface area (Å²) >= 11 is 1.31. The number of carboxylic acids is 1. The number of thioether (sulfide) groups is 1. The van der Waals surface area contributed by atoms with Gasteiger partial charge >= 0.3 is 5.97 Å². The van der Waals surface area contributed by atoms with Gasteiger partial charge in [0.25, 0.3) is 11.8 Å². The monoisotopic (exact) mass is 293 g/mol. The lowest BCUT2D eigenvalue weighted by molar-refractivity contribution is -0.136. The average Bonchev–Trinajstić information content (AvgIpc) is 2.68. The van der Waals surface area contributed by atoms with Gasteiger partial charge in [-0.3, -0.25) is 19.3 Å². The van der Waals surface area contributed by atoms with Crippen LogP contribution in [-0.2, 0) is 4.79 Å². The van der Waals surface area contributed by atoms with Crippen LogP contribution in [-0.4, -0.2) is 45.3 Å². The third kappa shape index (κ3) is 2.85. The van der Waals surface area contributed by atoms with Gasteiger partial charge in [0.2, 0.25) is 0 Å². The Bertz CT molecular complexity index is 523. The number of imide groups is 1. The van der Waals surface area contributed by atoms with E-state index in [4.69, 9.17) is 5.11 Å². The second-order valence-corrected chi connectivity index (χ2v) is 5.96. The van der Waals surface area contributed by atoms with Crippen LogP contribution < -0.4 is 0 Å². The molecule has 1 unspecified atom stereocenters. The topological polar surface area (TPSA) is 74.7 Å². The minimum absolute atomic E-state index is 0.262. The van der Waals surface area contributed by atoms with E-state index >= 15 is 0 Å². The Morgan fingerprint density at radius 2 is 1.80 bits per heavy atom. The Labute approximate surface area is 121 Å². The molecule has 1 aliphatic rings. The van der Waals surface area contributed by atoms with Crippen molar-refractivity contribution in [1.29, 1.82) is 0 Å². The number of benzene rings is 1. The smallest absolute Gasteiger partial charge is 0.316 e. The van der Waals surface area contributed by atoms with Gasteiger partial charge in [-0.25, -0.2) is 0 Å². The van der Waals surface area contributed by atoms with E-state index in [1.54, 1.807) is 31.2 Å². The quantitative estimate of drug-likeness (QED) is 0.640. The predicted octanol–water partition coefficient (Wildman–Crippen LogP) is 1.88. The molecule has 1 atom stereocenters. The Kier molecular flexibility index (Phi) is 4.44. The molecule has 5 nitrogen and oxygen atoms in total. The second-order valence-electron chi connectivity index (χ2n) is 4.51. The van der Waals surface area contributed by atoms with Crippen molar-refractivity contribution < 1.29 is 19.5 Å². The average molecular weight is 293 g/mol. The number of nitrogens with zero attached hydrogens (tertiary/aromatic N) is 1. The predicted molar refractivity (Wildman–Crippen MR) is 76.0 cm³/mol. The van der Waals surface area contributed by atoms with Gasteiger partial charge in [0.1, 0.15) is 0 Å². The van der Waals surface area contributed by atoms with Gasteiger partial charge in [-0.05, 0) is 31.2 Å². The van der Waals surface area contributed by atoms with E-state index in [2.05, 4.69) is 0 Å². The van der Waals surface area contributed by atoms with E-state index in [-0.39, 0.29) is 11.8 Å². The lowest BCUT2D eigenvalue weighted by atomic mass is 10.1. The second kappa shape index (κ2) is 6.09. The Balaban J connectivity index is 1.88. The lowest BCUT2D eigenvalue weighted by Crippen LogP contribution is -2.31. The van der Waals surface area contributed by atoms with Gasteiger partial charge in [-0.15, -0.1) is 11.8 Å². The molecule has 0 aliphatic carbocycles. The molecule has 1 aliphatic heterocycles. The number of aliphatic carboxylic acids is 1. The van der Waals surface area contributed by atoms with Crippen LogP contribution in [0.1, 0.15) is 34.1 Å². The van der Waals surface area contributed by atoms with Crippen molar-refractivity contribution in [3.63, 3.8) is 0 Å². The molecule has 0 fully saturated rings. The van der Waals surface area contributed by atoms with Crippen LogP contribution in [0.5, 0.6) is 0 Å². The molecule has 0 radical (unpaired) electrons. The number of carboxylic acid groups (broad SMARTS) is 1. The minimum atomic E-state index is -0.851. The summed E-state index contributed by atoms with van der Waals surface area (Å²) in [4.78, 5) is 36.0. The van der Waals surface area contributed by atoms with Crippen molar-refractivity contribution in [2.45, 2.75) is 18.6 Å². The van der Waals surface area contributed by atoms with Crippen LogP contribution in [0, 0.1) is 0 Å². The maximum atomic E-state index is 12.0. The zero-order valence-corrected chi connectivity index (χ0v) is 11.9. The van der Waals surface area contributed by atoms with Crippen molar-refractivity contribution in [2.75, 3.05) is 12.3 Å². The van der Waals surface area contributed by atoms with Gasteiger partial charge < -0.3 is 5.11 Å². The van der Waals surface area contributed by atoms with Crippen molar-refractivity contribution in [3.8, 4) is 0 Å². The zero-order valence-electron chi connectivity index (χ0n) is 11.0. The summed E-state index contributed by atoms with van der Waals surface area (Å²) in [5.41, 5.74) is 0.896. The van der Waals surface area contributed by atoms with E-state index in [9.17, 15) is 14.4 Å². The largest absolute Gasteiger partial charge is 0.480 e. The van der Waals surface area contributed by atoms with Crippen molar-refractivity contribution in [3.05, 3.63) is 35.4 Å². The molecule has 1 heterocycles. The number of carbonyl (C=O) groups excluding carboxylic acids is 2. The van der Waals surface area contributed by atoms with Crippen LogP contribution in [0.3, 0.4) is 0 Å². The van der Waals surface area contributed by atoms with Crippen LogP contribution in [0.15, 0.2) is 24.3 Å².